The van der Waals surface area contributed by atoms with Crippen molar-refractivity contribution < 1.29 is 14.7 Å². The Morgan fingerprint density at radius 1 is 1.06 bits per heavy atom. The van der Waals surface area contributed by atoms with E-state index in [-0.39, 0.29) is 23.7 Å². The molecule has 0 bridgehead atoms. The Morgan fingerprint density at radius 2 is 1.78 bits per heavy atom. The number of benzene rings is 2. The van der Waals surface area contributed by atoms with E-state index in [1.807, 2.05) is 43.3 Å². The lowest BCUT2D eigenvalue weighted by Gasteiger charge is -2.39. The fourth-order valence-electron chi connectivity index (χ4n) is 5.06. The number of hydrogen-bond donors (Lipinski definition) is 2. The van der Waals surface area contributed by atoms with Crippen LogP contribution in [0.1, 0.15) is 46.1 Å². The van der Waals surface area contributed by atoms with E-state index in [4.69, 9.17) is 10.1 Å². The summed E-state index contributed by atoms with van der Waals surface area (Å²) in [5, 5.41) is 13.0. The van der Waals surface area contributed by atoms with Crippen molar-refractivity contribution in [3.05, 3.63) is 89.1 Å². The largest absolute Gasteiger partial charge is 0.478 e. The predicted octanol–water partition coefficient (Wildman–Crippen LogP) is 4.97. The Balaban J connectivity index is 1.17. The third kappa shape index (κ3) is 5.39. The van der Waals surface area contributed by atoms with E-state index in [1.165, 1.54) is 22.9 Å². The molecular formula is C28H30N4O3S. The van der Waals surface area contributed by atoms with Crippen molar-refractivity contribution in [1.82, 2.24) is 20.1 Å². The number of aromatic nitrogens is 1. The number of amides is 2. The summed E-state index contributed by atoms with van der Waals surface area (Å²) >= 11 is 1.53. The van der Waals surface area contributed by atoms with Gasteiger partial charge in [0.2, 0.25) is 0 Å². The minimum absolute atomic E-state index is 0.0491. The zero-order valence-electron chi connectivity index (χ0n) is 20.3. The van der Waals surface area contributed by atoms with Crippen molar-refractivity contribution in [1.29, 1.82) is 0 Å². The molecule has 0 spiro atoms. The molecule has 0 unspecified atom stereocenters. The van der Waals surface area contributed by atoms with Crippen molar-refractivity contribution in [2.24, 2.45) is 0 Å². The second-order valence-corrected chi connectivity index (χ2v) is 10.4. The molecule has 2 aliphatic heterocycles. The highest BCUT2D eigenvalue weighted by molar-refractivity contribution is 7.99. The van der Waals surface area contributed by atoms with E-state index in [1.54, 1.807) is 12.1 Å². The topological polar surface area (TPSA) is 85.8 Å². The maximum absolute atomic E-state index is 12.6. The molecule has 1 atom stereocenters. The Hall–Kier alpha value is -3.36. The van der Waals surface area contributed by atoms with Gasteiger partial charge in [-0.3, -0.25) is 4.90 Å². The first-order chi connectivity index (χ1) is 17.5. The van der Waals surface area contributed by atoms with Crippen LogP contribution in [0.4, 0.5) is 4.79 Å². The summed E-state index contributed by atoms with van der Waals surface area (Å²) < 4.78 is 0. The molecule has 8 heteroatoms. The average Bonchev–Trinajstić information content (AvgIpc) is 3.28. The average molecular weight is 503 g/mol. The molecule has 2 amide bonds. The minimum Gasteiger partial charge on any atom is -0.478 e. The third-order valence-corrected chi connectivity index (χ3v) is 7.98. The minimum atomic E-state index is -0.923. The number of nitrogens with one attached hydrogen (secondary N) is 1. The van der Waals surface area contributed by atoms with Gasteiger partial charge in [0.05, 0.1) is 11.6 Å². The second kappa shape index (κ2) is 10.7. The van der Waals surface area contributed by atoms with E-state index < -0.39 is 5.97 Å². The lowest BCUT2D eigenvalue weighted by molar-refractivity contribution is 0.0696. The number of carbonyl (C=O) groups excluding carboxylic acids is 1. The molecule has 2 N–H and O–H groups in total. The highest BCUT2D eigenvalue weighted by Gasteiger charge is 2.38. The molecular weight excluding hydrogens is 472 g/mol. The third-order valence-electron chi connectivity index (χ3n) is 7.04. The maximum Gasteiger partial charge on any atom is 0.335 e. The number of likely N-dealkylation sites (tertiary alicyclic amines) is 1. The van der Waals surface area contributed by atoms with Gasteiger partial charge < -0.3 is 15.3 Å². The first-order valence-corrected chi connectivity index (χ1v) is 13.1. The number of aryl methyl sites for hydroxylation is 1. The van der Waals surface area contributed by atoms with Gasteiger partial charge >= 0.3 is 12.0 Å². The number of carboxylic acid groups (broad SMARTS) is 1. The van der Waals surface area contributed by atoms with Crippen LogP contribution in [0, 0.1) is 6.92 Å². The van der Waals surface area contributed by atoms with Crippen molar-refractivity contribution in [3.8, 4) is 0 Å². The summed E-state index contributed by atoms with van der Waals surface area (Å²) in [5.41, 5.74) is 3.69. The van der Waals surface area contributed by atoms with Gasteiger partial charge in [0.15, 0.2) is 0 Å². The number of piperidine rings is 1. The van der Waals surface area contributed by atoms with Crippen LogP contribution in [0.3, 0.4) is 0 Å². The van der Waals surface area contributed by atoms with Crippen LogP contribution in [0.2, 0.25) is 0 Å². The molecule has 7 nitrogen and oxygen atoms in total. The molecule has 3 heterocycles. The zero-order chi connectivity index (χ0) is 25.1. The Morgan fingerprint density at radius 3 is 2.44 bits per heavy atom. The van der Waals surface area contributed by atoms with Crippen molar-refractivity contribution >= 4 is 23.8 Å². The van der Waals surface area contributed by atoms with Crippen LogP contribution >= 0.6 is 11.8 Å². The summed E-state index contributed by atoms with van der Waals surface area (Å²) in [6.07, 6.45) is 1.92. The van der Waals surface area contributed by atoms with Crippen molar-refractivity contribution in [2.45, 2.75) is 48.3 Å². The van der Waals surface area contributed by atoms with Gasteiger partial charge in [0, 0.05) is 42.8 Å². The standard InChI is InChI=1S/C28H30N4O3S/c1-19-22(9-12-26(30-19)36-24-10-7-21(8-11-24)27(33)34)18-31-15-13-23(14-16-31)32-25(17-29-28(32)35)20-5-3-2-4-6-20/h2-12,23,25H,13-18H2,1H3,(H,29,35)(H,33,34)/t25-/m0/s1. The molecule has 2 saturated heterocycles. The molecule has 0 aliphatic carbocycles. The van der Waals surface area contributed by atoms with Crippen molar-refractivity contribution in [3.63, 3.8) is 0 Å². The van der Waals surface area contributed by atoms with Gasteiger partial charge in [0.25, 0.3) is 0 Å². The monoisotopic (exact) mass is 502 g/mol. The molecule has 3 aromatic rings. The van der Waals surface area contributed by atoms with Gasteiger partial charge in [0.1, 0.15) is 5.03 Å². The highest BCUT2D eigenvalue weighted by Crippen LogP contribution is 2.32. The lowest BCUT2D eigenvalue weighted by atomic mass is 9.98. The number of carboxylic acids is 1. The van der Waals surface area contributed by atoms with Gasteiger partial charge in [-0.15, -0.1) is 0 Å². The number of urea groups is 1. The smallest absolute Gasteiger partial charge is 0.335 e. The number of rotatable bonds is 7. The fraction of sp³-hybridized carbons (Fsp3) is 0.321. The molecule has 0 radical (unpaired) electrons. The lowest BCUT2D eigenvalue weighted by Crippen LogP contribution is -2.46. The molecule has 5 rings (SSSR count). The normalized spacial score (nSPS) is 18.9. The Labute approximate surface area is 215 Å². The van der Waals surface area contributed by atoms with Gasteiger partial charge in [-0.2, -0.15) is 0 Å². The first kappa shape index (κ1) is 24.3. The molecule has 36 heavy (non-hydrogen) atoms. The van der Waals surface area contributed by atoms with Crippen LogP contribution in [-0.2, 0) is 6.54 Å². The summed E-state index contributed by atoms with van der Waals surface area (Å²) in [6.45, 7) is 5.45. The fourth-order valence-corrected chi connectivity index (χ4v) is 5.90. The highest BCUT2D eigenvalue weighted by atomic mass is 32.2. The molecule has 2 fully saturated rings. The second-order valence-electron chi connectivity index (χ2n) is 9.35. The molecule has 0 saturated carbocycles. The van der Waals surface area contributed by atoms with E-state index in [9.17, 15) is 9.59 Å². The van der Waals surface area contributed by atoms with E-state index in [2.05, 4.69) is 33.3 Å². The number of aromatic carboxylic acids is 1. The molecule has 186 valence electrons. The Kier molecular flexibility index (Phi) is 7.25. The van der Waals surface area contributed by atoms with Gasteiger partial charge in [-0.1, -0.05) is 48.2 Å². The number of hydrogen-bond acceptors (Lipinski definition) is 5. The molecule has 1 aromatic heterocycles. The number of nitrogens with zero attached hydrogens (tertiary/aromatic N) is 3. The number of carbonyl (C=O) groups is 2. The van der Waals surface area contributed by atoms with Crippen LogP contribution < -0.4 is 5.32 Å². The van der Waals surface area contributed by atoms with Crippen LogP contribution in [0.25, 0.3) is 0 Å². The summed E-state index contributed by atoms with van der Waals surface area (Å²) in [5.74, 6) is -0.923. The van der Waals surface area contributed by atoms with E-state index >= 15 is 0 Å². The Bertz CT molecular complexity index is 1230. The predicted molar refractivity (Wildman–Crippen MR) is 139 cm³/mol. The maximum atomic E-state index is 12.6. The molecule has 2 aromatic carbocycles. The van der Waals surface area contributed by atoms with E-state index in [0.29, 0.717) is 6.54 Å². The van der Waals surface area contributed by atoms with Crippen LogP contribution in [-0.4, -0.2) is 57.6 Å². The van der Waals surface area contributed by atoms with Gasteiger partial charge in [-0.25, -0.2) is 14.6 Å². The summed E-state index contributed by atoms with van der Waals surface area (Å²) in [4.78, 5) is 33.9. The zero-order valence-corrected chi connectivity index (χ0v) is 21.1. The molecule has 2 aliphatic rings. The summed E-state index contributed by atoms with van der Waals surface area (Å²) in [6, 6.07) is 21.7. The van der Waals surface area contributed by atoms with Crippen LogP contribution in [0.5, 0.6) is 0 Å². The van der Waals surface area contributed by atoms with Crippen molar-refractivity contribution in [2.75, 3.05) is 19.6 Å². The van der Waals surface area contributed by atoms with E-state index in [0.717, 1.165) is 48.1 Å². The number of pyridine rings is 1. The van der Waals surface area contributed by atoms with Gasteiger partial charge in [-0.05, 0) is 61.2 Å². The SMILES string of the molecule is Cc1nc(Sc2ccc(C(=O)O)cc2)ccc1CN1CCC(N2C(=O)NC[C@H]2c2ccccc2)CC1. The first-order valence-electron chi connectivity index (χ1n) is 12.3. The summed E-state index contributed by atoms with van der Waals surface area (Å²) in [7, 11) is 0. The van der Waals surface area contributed by atoms with Crippen LogP contribution in [0.15, 0.2) is 76.7 Å². The quantitative estimate of drug-likeness (QED) is 0.475.